The second kappa shape index (κ2) is 6.23. The van der Waals surface area contributed by atoms with Crippen molar-refractivity contribution in [2.45, 2.75) is 25.7 Å². The van der Waals surface area contributed by atoms with Crippen molar-refractivity contribution in [2.75, 3.05) is 0 Å². The number of hydroxylamine groups is 4. The lowest BCUT2D eigenvalue weighted by molar-refractivity contribution is -0.174. The first-order chi connectivity index (χ1) is 14.2. The molecule has 6 unspecified atom stereocenters. The average molecular weight is 412 g/mol. The predicted octanol–water partition coefficient (Wildman–Crippen LogP) is 1.12. The molecule has 1 aromatic rings. The number of imide groups is 2. The number of carbonyl (C=O) groups excluding carboxylic acids is 4. The van der Waals surface area contributed by atoms with Crippen molar-refractivity contribution in [2.24, 2.45) is 29.6 Å². The first kappa shape index (κ1) is 19.0. The molecular formula is C21H20N2O7. The fourth-order valence-corrected chi connectivity index (χ4v) is 5.84. The second-order valence-electron chi connectivity index (χ2n) is 8.51. The maximum atomic E-state index is 12.8. The number of hydrogen-bond donors (Lipinski definition) is 3. The number of hydrogen-bond acceptors (Lipinski definition) is 7. The minimum absolute atomic E-state index is 0.0147. The van der Waals surface area contributed by atoms with Gasteiger partial charge in [-0.15, -0.1) is 0 Å². The number of fused-ring (bicyclic) bond motifs is 4. The van der Waals surface area contributed by atoms with Crippen molar-refractivity contribution in [1.82, 2.24) is 10.1 Å². The van der Waals surface area contributed by atoms with Gasteiger partial charge in [-0.2, -0.15) is 10.1 Å². The molecule has 0 bridgehead atoms. The maximum Gasteiger partial charge on any atom is 0.258 e. The summed E-state index contributed by atoms with van der Waals surface area (Å²) in [5.41, 5.74) is 1.71. The van der Waals surface area contributed by atoms with E-state index >= 15 is 0 Å². The number of rotatable bonds is 1. The number of aryl methyl sites for hydroxylation is 1. The lowest BCUT2D eigenvalue weighted by Gasteiger charge is -2.43. The zero-order valence-electron chi connectivity index (χ0n) is 16.1. The van der Waals surface area contributed by atoms with E-state index in [9.17, 15) is 34.7 Å². The van der Waals surface area contributed by atoms with Gasteiger partial charge in [0.05, 0.1) is 23.7 Å². The van der Waals surface area contributed by atoms with E-state index in [4.69, 9.17) is 0 Å². The molecule has 2 saturated heterocycles. The standard InChI is InChI=1S/C21H20N2O7/c1-8-3-2-4-10(17(8)24)14-9-5-6-11-15(20(27)22(29)18(11)25)12(9)7-13-16(14)21(28)23(30)19(13)26/h2-5,11-16,24,29-30H,6-7H2,1H3. The molecule has 1 aromatic carbocycles. The number of para-hydroxylation sites is 1. The zero-order chi connectivity index (χ0) is 21.5. The van der Waals surface area contributed by atoms with Gasteiger partial charge in [0.1, 0.15) is 5.75 Å². The summed E-state index contributed by atoms with van der Waals surface area (Å²) in [7, 11) is 0. The van der Waals surface area contributed by atoms with E-state index in [1.807, 2.05) is 0 Å². The summed E-state index contributed by atoms with van der Waals surface area (Å²) in [6.07, 6.45) is 2.11. The summed E-state index contributed by atoms with van der Waals surface area (Å²) in [5.74, 6) is -7.54. The van der Waals surface area contributed by atoms with Crippen LogP contribution in [0.5, 0.6) is 5.75 Å². The molecule has 30 heavy (non-hydrogen) atoms. The lowest BCUT2D eigenvalue weighted by Crippen LogP contribution is -2.43. The number of phenolic OH excluding ortho intramolecular Hbond substituents is 1. The molecule has 156 valence electrons. The Bertz CT molecular complexity index is 1050. The van der Waals surface area contributed by atoms with Crippen LogP contribution < -0.4 is 0 Å². The van der Waals surface area contributed by atoms with E-state index in [1.165, 1.54) is 0 Å². The molecule has 4 aliphatic rings. The first-order valence-corrected chi connectivity index (χ1v) is 9.85. The molecule has 2 heterocycles. The van der Waals surface area contributed by atoms with E-state index in [2.05, 4.69) is 0 Å². The van der Waals surface area contributed by atoms with Gasteiger partial charge in [0.2, 0.25) is 0 Å². The molecule has 0 spiro atoms. The van der Waals surface area contributed by atoms with Crippen LogP contribution in [0.1, 0.15) is 29.9 Å². The van der Waals surface area contributed by atoms with Crippen molar-refractivity contribution in [3.05, 3.63) is 41.0 Å². The molecule has 1 saturated carbocycles. The van der Waals surface area contributed by atoms with Crippen molar-refractivity contribution >= 4 is 23.6 Å². The lowest BCUT2D eigenvalue weighted by atomic mass is 9.57. The average Bonchev–Trinajstić information content (AvgIpc) is 3.09. The van der Waals surface area contributed by atoms with Gasteiger partial charge in [0, 0.05) is 11.5 Å². The van der Waals surface area contributed by atoms with Gasteiger partial charge in [-0.3, -0.25) is 29.6 Å². The van der Waals surface area contributed by atoms with E-state index in [0.717, 1.165) is 0 Å². The molecule has 9 nitrogen and oxygen atoms in total. The number of nitrogens with zero attached hydrogens (tertiary/aromatic N) is 2. The minimum atomic E-state index is -0.910. The number of phenols is 1. The Morgan fingerprint density at radius 2 is 1.50 bits per heavy atom. The van der Waals surface area contributed by atoms with Crippen molar-refractivity contribution in [1.29, 1.82) is 0 Å². The van der Waals surface area contributed by atoms with Gasteiger partial charge < -0.3 is 5.11 Å². The Labute approximate surface area is 171 Å². The Morgan fingerprint density at radius 1 is 0.867 bits per heavy atom. The molecule has 9 heteroatoms. The van der Waals surface area contributed by atoms with Crippen LogP contribution in [-0.2, 0) is 19.2 Å². The second-order valence-corrected chi connectivity index (χ2v) is 8.51. The fraction of sp³-hybridized carbons (Fsp3) is 0.429. The summed E-state index contributed by atoms with van der Waals surface area (Å²) in [6, 6.07) is 5.11. The van der Waals surface area contributed by atoms with E-state index < -0.39 is 59.1 Å². The van der Waals surface area contributed by atoms with Crippen LogP contribution in [0.3, 0.4) is 0 Å². The quantitative estimate of drug-likeness (QED) is 0.357. The molecule has 4 amide bonds. The number of benzene rings is 1. The summed E-state index contributed by atoms with van der Waals surface area (Å²) in [5, 5.41) is 30.9. The molecular weight excluding hydrogens is 392 g/mol. The monoisotopic (exact) mass is 412 g/mol. The Kier molecular flexibility index (Phi) is 3.93. The molecule has 5 rings (SSSR count). The zero-order valence-corrected chi connectivity index (χ0v) is 16.1. The van der Waals surface area contributed by atoms with Crippen LogP contribution in [0.25, 0.3) is 0 Å². The normalized spacial score (nSPS) is 35.4. The fourth-order valence-electron chi connectivity index (χ4n) is 5.84. The summed E-state index contributed by atoms with van der Waals surface area (Å²) >= 11 is 0. The molecule has 3 fully saturated rings. The third-order valence-electron chi connectivity index (χ3n) is 7.21. The molecule has 0 radical (unpaired) electrons. The number of aromatic hydroxyl groups is 1. The van der Waals surface area contributed by atoms with Crippen LogP contribution in [0.4, 0.5) is 0 Å². The topological polar surface area (TPSA) is 135 Å². The first-order valence-electron chi connectivity index (χ1n) is 9.85. The van der Waals surface area contributed by atoms with Crippen molar-refractivity contribution in [3.63, 3.8) is 0 Å². The largest absolute Gasteiger partial charge is 0.507 e. The van der Waals surface area contributed by atoms with Crippen LogP contribution in [0, 0.1) is 36.5 Å². The summed E-state index contributed by atoms with van der Waals surface area (Å²) in [6.45, 7) is 1.71. The Morgan fingerprint density at radius 3 is 2.20 bits per heavy atom. The molecule has 2 aliphatic carbocycles. The van der Waals surface area contributed by atoms with Gasteiger partial charge in [0.25, 0.3) is 23.6 Å². The highest BCUT2D eigenvalue weighted by Crippen LogP contribution is 2.58. The SMILES string of the molecule is Cc1cccc(C2C3=CCC4C(=O)N(O)C(=O)C4C3CC3C(=O)N(O)C(=O)C32)c1O. The van der Waals surface area contributed by atoms with Crippen LogP contribution in [-0.4, -0.2) is 49.3 Å². The van der Waals surface area contributed by atoms with E-state index in [1.54, 1.807) is 31.2 Å². The van der Waals surface area contributed by atoms with Gasteiger partial charge >= 0.3 is 0 Å². The van der Waals surface area contributed by atoms with E-state index in [-0.39, 0.29) is 28.7 Å². The van der Waals surface area contributed by atoms with Crippen LogP contribution >= 0.6 is 0 Å². The van der Waals surface area contributed by atoms with Crippen LogP contribution in [0.2, 0.25) is 0 Å². The molecule has 6 atom stereocenters. The van der Waals surface area contributed by atoms with Crippen LogP contribution in [0.15, 0.2) is 29.8 Å². The summed E-state index contributed by atoms with van der Waals surface area (Å²) in [4.78, 5) is 50.3. The molecule has 3 N–H and O–H groups in total. The number of carbonyl (C=O) groups is 4. The molecule has 2 aliphatic heterocycles. The summed E-state index contributed by atoms with van der Waals surface area (Å²) < 4.78 is 0. The third-order valence-corrected chi connectivity index (χ3v) is 7.21. The Hall–Kier alpha value is -3.04. The van der Waals surface area contributed by atoms with E-state index in [0.29, 0.717) is 16.7 Å². The third kappa shape index (κ3) is 2.24. The van der Waals surface area contributed by atoms with Gasteiger partial charge in [-0.1, -0.05) is 29.8 Å². The highest BCUT2D eigenvalue weighted by Gasteiger charge is 2.62. The van der Waals surface area contributed by atoms with Gasteiger partial charge in [-0.25, -0.2) is 0 Å². The molecule has 0 aromatic heterocycles. The van der Waals surface area contributed by atoms with Gasteiger partial charge in [0.15, 0.2) is 0 Å². The number of allylic oxidation sites excluding steroid dienone is 2. The predicted molar refractivity (Wildman–Crippen MR) is 97.6 cm³/mol. The van der Waals surface area contributed by atoms with Crippen molar-refractivity contribution in [3.8, 4) is 5.75 Å². The highest BCUT2D eigenvalue weighted by atomic mass is 16.5. The smallest absolute Gasteiger partial charge is 0.258 e. The van der Waals surface area contributed by atoms with Gasteiger partial charge in [-0.05, 0) is 31.2 Å². The highest BCUT2D eigenvalue weighted by molar-refractivity contribution is 6.06. The van der Waals surface area contributed by atoms with Crippen molar-refractivity contribution < 1.29 is 34.7 Å². The minimum Gasteiger partial charge on any atom is -0.507 e. The Balaban J connectivity index is 1.69. The maximum absolute atomic E-state index is 12.8. The number of amides is 4.